The lowest BCUT2D eigenvalue weighted by atomic mass is 9.45. The second kappa shape index (κ2) is 8.88. The first-order chi connectivity index (χ1) is 18.9. The van der Waals surface area contributed by atoms with Crippen molar-refractivity contribution in [3.63, 3.8) is 0 Å². The highest BCUT2D eigenvalue weighted by Gasteiger charge is 2.85. The van der Waals surface area contributed by atoms with Gasteiger partial charge in [0.15, 0.2) is 0 Å². The molecule has 0 amide bonds. The van der Waals surface area contributed by atoms with E-state index >= 15 is 9.59 Å². The molecule has 210 valence electrons. The van der Waals surface area contributed by atoms with Crippen molar-refractivity contribution in [1.29, 1.82) is 0 Å². The first-order valence-corrected chi connectivity index (χ1v) is 15.4. The molecule has 4 saturated carbocycles. The molecule has 4 aliphatic carbocycles. The Kier molecular flexibility index (Phi) is 6.09. The number of fused-ring (bicyclic) bond motifs is 4. The van der Waals surface area contributed by atoms with Gasteiger partial charge in [-0.3, -0.25) is 9.59 Å². The molecular weight excluding hydrogens is 488 g/mol. The number of carbonyl (C=O) groups is 2. The molecule has 0 radical (unpaired) electrons. The minimum atomic E-state index is -0.701. The number of rotatable bonds is 7. The first-order valence-electron chi connectivity index (χ1n) is 15.4. The summed E-state index contributed by atoms with van der Waals surface area (Å²) in [5.74, 6) is 1.11. The molecule has 40 heavy (non-hydrogen) atoms. The lowest BCUT2D eigenvalue weighted by Crippen LogP contribution is -2.59. The fourth-order valence-corrected chi connectivity index (χ4v) is 10.6. The highest BCUT2D eigenvalue weighted by Crippen LogP contribution is 2.83. The van der Waals surface area contributed by atoms with Crippen molar-refractivity contribution >= 4 is 23.7 Å². The lowest BCUT2D eigenvalue weighted by molar-refractivity contribution is -0.163. The van der Waals surface area contributed by atoms with Gasteiger partial charge in [0.25, 0.3) is 0 Å². The SMILES string of the molecule is CC1(C)[C@@H]2CC[C@@]1(C)C(=O)[C@]2(C/C=C\c1ccccc1)[C@@]1(C/C=C\c2ccccc2)C(=O)[C@@]2(C)CC[C@H]1C2(C)C. The molecule has 0 aliphatic heterocycles. The van der Waals surface area contributed by atoms with E-state index in [2.05, 4.69) is 114 Å². The van der Waals surface area contributed by atoms with Gasteiger partial charge in [-0.15, -0.1) is 0 Å². The van der Waals surface area contributed by atoms with E-state index in [1.54, 1.807) is 0 Å². The van der Waals surface area contributed by atoms with Gasteiger partial charge in [0.1, 0.15) is 11.6 Å². The van der Waals surface area contributed by atoms with Gasteiger partial charge in [0.05, 0.1) is 0 Å². The van der Waals surface area contributed by atoms with Crippen molar-refractivity contribution in [3.8, 4) is 0 Å². The zero-order chi connectivity index (χ0) is 28.6. The van der Waals surface area contributed by atoms with E-state index in [1.165, 1.54) is 0 Å². The van der Waals surface area contributed by atoms with Gasteiger partial charge < -0.3 is 0 Å². The fourth-order valence-electron chi connectivity index (χ4n) is 10.6. The minimum absolute atomic E-state index is 0.145. The van der Waals surface area contributed by atoms with Crippen LogP contribution < -0.4 is 0 Å². The van der Waals surface area contributed by atoms with Crippen LogP contribution in [0.15, 0.2) is 72.8 Å². The number of ketones is 2. The summed E-state index contributed by atoms with van der Waals surface area (Å²) < 4.78 is 0. The lowest BCUT2D eigenvalue weighted by Gasteiger charge is -2.55. The number of benzene rings is 2. The van der Waals surface area contributed by atoms with Crippen LogP contribution in [0.3, 0.4) is 0 Å². The maximum atomic E-state index is 15.2. The number of Topliss-reactive ketones (excluding diaryl/α,β-unsaturated/α-hetero) is 2. The quantitative estimate of drug-likeness (QED) is 0.355. The summed E-state index contributed by atoms with van der Waals surface area (Å²) in [6, 6.07) is 20.7. The maximum absolute atomic E-state index is 15.2. The van der Waals surface area contributed by atoms with E-state index in [-0.39, 0.29) is 22.7 Å². The zero-order valence-corrected chi connectivity index (χ0v) is 25.3. The van der Waals surface area contributed by atoms with Gasteiger partial charge in [0.2, 0.25) is 0 Å². The van der Waals surface area contributed by atoms with Crippen molar-refractivity contribution < 1.29 is 9.59 Å². The average Bonchev–Trinajstić information content (AvgIpc) is 3.42. The topological polar surface area (TPSA) is 34.1 Å². The maximum Gasteiger partial charge on any atom is 0.147 e. The van der Waals surface area contributed by atoms with Gasteiger partial charge in [0, 0.05) is 21.7 Å². The molecule has 0 aromatic heterocycles. The van der Waals surface area contributed by atoms with Crippen molar-refractivity contribution in [2.75, 3.05) is 0 Å². The van der Waals surface area contributed by atoms with Crippen LogP contribution in [0.5, 0.6) is 0 Å². The molecule has 6 atom stereocenters. The second-order valence-electron chi connectivity index (χ2n) is 14.9. The molecule has 0 N–H and O–H groups in total. The molecule has 0 saturated heterocycles. The Hall–Kier alpha value is -2.74. The van der Waals surface area contributed by atoms with Gasteiger partial charge >= 0.3 is 0 Å². The Labute approximate surface area is 241 Å². The fraction of sp³-hybridized carbons (Fsp3) is 0.526. The molecule has 2 aromatic rings. The highest BCUT2D eigenvalue weighted by molar-refractivity contribution is 6.05. The Morgan fingerprint density at radius 1 is 0.600 bits per heavy atom. The standard InChI is InChI=1S/C38H46O2/c1-33(2)29-21-25-35(33,5)31(39)37(29,23-13-19-27-15-9-7-10-16-27)38(24-14-20-28-17-11-8-12-18-28)30-22-26-36(6,32(38)40)34(30,3)4/h7-20,29-30H,21-26H2,1-6H3/b19-13-,20-14-/t29-,30-,35-,36+,37+,38+/m0/s1. The molecule has 0 unspecified atom stereocenters. The molecule has 2 heteroatoms. The van der Waals surface area contributed by atoms with Crippen molar-refractivity contribution in [3.05, 3.63) is 83.9 Å². The van der Waals surface area contributed by atoms with Crippen LogP contribution in [0.1, 0.15) is 91.2 Å². The van der Waals surface area contributed by atoms with Gasteiger partial charge in [-0.2, -0.15) is 0 Å². The molecule has 0 heterocycles. The Morgan fingerprint density at radius 2 is 0.950 bits per heavy atom. The van der Waals surface area contributed by atoms with E-state index in [0.29, 0.717) is 24.4 Å². The number of carbonyl (C=O) groups excluding carboxylic acids is 2. The number of hydrogen-bond acceptors (Lipinski definition) is 2. The van der Waals surface area contributed by atoms with Crippen LogP contribution >= 0.6 is 0 Å². The van der Waals surface area contributed by atoms with Gasteiger partial charge in [-0.25, -0.2) is 0 Å². The zero-order valence-electron chi connectivity index (χ0n) is 25.3. The molecule has 2 aromatic carbocycles. The normalized spacial score (nSPS) is 39.2. The minimum Gasteiger partial charge on any atom is -0.298 e. The van der Waals surface area contributed by atoms with Crippen LogP contribution in [0.25, 0.3) is 12.2 Å². The molecule has 4 bridgehead atoms. The third-order valence-corrected chi connectivity index (χ3v) is 13.4. The molecule has 4 fully saturated rings. The monoisotopic (exact) mass is 534 g/mol. The third kappa shape index (κ3) is 3.17. The van der Waals surface area contributed by atoms with Crippen LogP contribution in [0.2, 0.25) is 0 Å². The Bertz CT molecular complexity index is 1270. The number of hydrogen-bond donors (Lipinski definition) is 0. The van der Waals surface area contributed by atoms with E-state index < -0.39 is 21.7 Å². The highest BCUT2D eigenvalue weighted by atomic mass is 16.1. The van der Waals surface area contributed by atoms with Crippen molar-refractivity contribution in [2.24, 2.45) is 44.3 Å². The molecule has 2 nitrogen and oxygen atoms in total. The first kappa shape index (κ1) is 27.4. The Balaban J connectivity index is 1.56. The van der Waals surface area contributed by atoms with E-state index in [0.717, 1.165) is 36.8 Å². The van der Waals surface area contributed by atoms with Crippen molar-refractivity contribution in [2.45, 2.75) is 80.1 Å². The number of allylic oxidation sites excluding steroid dienone is 2. The van der Waals surface area contributed by atoms with Crippen LogP contribution in [-0.2, 0) is 9.59 Å². The van der Waals surface area contributed by atoms with Gasteiger partial charge in [-0.05, 0) is 72.3 Å². The summed E-state index contributed by atoms with van der Waals surface area (Å²) in [6.07, 6.45) is 14.0. The molecule has 4 aliphatic rings. The third-order valence-electron chi connectivity index (χ3n) is 13.4. The second-order valence-corrected chi connectivity index (χ2v) is 14.9. The largest absolute Gasteiger partial charge is 0.298 e. The molecule has 0 spiro atoms. The summed E-state index contributed by atoms with van der Waals surface area (Å²) in [4.78, 5) is 30.4. The predicted octanol–water partition coefficient (Wildman–Crippen LogP) is 9.22. The van der Waals surface area contributed by atoms with Gasteiger partial charge in [-0.1, -0.05) is 127 Å². The van der Waals surface area contributed by atoms with Crippen molar-refractivity contribution in [1.82, 2.24) is 0 Å². The van der Waals surface area contributed by atoms with Crippen LogP contribution in [0.4, 0.5) is 0 Å². The molecule has 6 rings (SSSR count). The predicted molar refractivity (Wildman–Crippen MR) is 164 cm³/mol. The Morgan fingerprint density at radius 3 is 1.25 bits per heavy atom. The van der Waals surface area contributed by atoms with Crippen LogP contribution in [0, 0.1) is 44.3 Å². The summed E-state index contributed by atoms with van der Waals surface area (Å²) in [5, 5.41) is 0. The van der Waals surface area contributed by atoms with E-state index in [9.17, 15) is 0 Å². The summed E-state index contributed by atoms with van der Waals surface area (Å²) >= 11 is 0. The summed E-state index contributed by atoms with van der Waals surface area (Å²) in [5.41, 5.74) is -0.211. The van der Waals surface area contributed by atoms with E-state index in [1.807, 2.05) is 12.1 Å². The average molecular weight is 535 g/mol. The summed E-state index contributed by atoms with van der Waals surface area (Å²) in [7, 11) is 0. The van der Waals surface area contributed by atoms with E-state index in [4.69, 9.17) is 0 Å². The molecular formula is C38H46O2. The van der Waals surface area contributed by atoms with Crippen LogP contribution in [-0.4, -0.2) is 11.6 Å². The summed E-state index contributed by atoms with van der Waals surface area (Å²) in [6.45, 7) is 13.7. The smallest absolute Gasteiger partial charge is 0.147 e.